The summed E-state index contributed by atoms with van der Waals surface area (Å²) >= 11 is 0. The van der Waals surface area contributed by atoms with E-state index in [0.717, 1.165) is 6.42 Å². The van der Waals surface area contributed by atoms with Gasteiger partial charge < -0.3 is 4.79 Å². The minimum Gasteiger partial charge on any atom is -0.300 e. The molecule has 0 unspecified atom stereocenters. The van der Waals surface area contributed by atoms with Crippen molar-refractivity contribution in [2.24, 2.45) is 5.41 Å². The van der Waals surface area contributed by atoms with Gasteiger partial charge in [-0.15, -0.1) is 0 Å². The van der Waals surface area contributed by atoms with Gasteiger partial charge in [0.15, 0.2) is 0 Å². The molecule has 0 aliphatic rings. The highest BCUT2D eigenvalue weighted by Gasteiger charge is 2.18. The van der Waals surface area contributed by atoms with Gasteiger partial charge in [-0.2, -0.15) is 0 Å². The highest BCUT2D eigenvalue weighted by Crippen LogP contribution is 2.27. The van der Waals surface area contributed by atoms with Gasteiger partial charge in [0, 0.05) is 6.42 Å². The molecule has 0 spiro atoms. The summed E-state index contributed by atoms with van der Waals surface area (Å²) in [5.41, 5.74) is 0.223. The summed E-state index contributed by atoms with van der Waals surface area (Å²) in [5, 5.41) is 0. The van der Waals surface area contributed by atoms with Gasteiger partial charge in [-0.05, 0) is 18.8 Å². The molecule has 0 radical (unpaired) electrons. The lowest BCUT2D eigenvalue weighted by atomic mass is 9.82. The van der Waals surface area contributed by atoms with E-state index in [9.17, 15) is 4.79 Å². The highest BCUT2D eigenvalue weighted by molar-refractivity contribution is 5.76. The molecule has 0 aliphatic carbocycles. The molecule has 72 valence electrons. The number of ketones is 1. The Labute approximate surface area is 76.6 Å². The standard InChI is InChI=1S/C11H22O/c1-5-6-7-8-11(3,4)9-10(2)12/h5-9H2,1-4H3. The van der Waals surface area contributed by atoms with Crippen LogP contribution >= 0.6 is 0 Å². The van der Waals surface area contributed by atoms with Crippen molar-refractivity contribution in [2.45, 2.75) is 59.8 Å². The van der Waals surface area contributed by atoms with Crippen molar-refractivity contribution >= 4 is 5.78 Å². The Hall–Kier alpha value is -0.330. The van der Waals surface area contributed by atoms with Crippen LogP contribution in [0.15, 0.2) is 0 Å². The minimum atomic E-state index is 0.223. The Balaban J connectivity index is 3.63. The smallest absolute Gasteiger partial charge is 0.130 e. The van der Waals surface area contributed by atoms with Gasteiger partial charge in [-0.1, -0.05) is 40.0 Å². The Morgan fingerprint density at radius 2 is 1.83 bits per heavy atom. The van der Waals surface area contributed by atoms with Gasteiger partial charge >= 0.3 is 0 Å². The van der Waals surface area contributed by atoms with Crippen molar-refractivity contribution in [3.8, 4) is 0 Å². The largest absolute Gasteiger partial charge is 0.300 e. The van der Waals surface area contributed by atoms with Crippen molar-refractivity contribution < 1.29 is 4.79 Å². The maximum Gasteiger partial charge on any atom is 0.130 e. The van der Waals surface area contributed by atoms with E-state index in [1.807, 2.05) is 0 Å². The molecule has 1 nitrogen and oxygen atoms in total. The van der Waals surface area contributed by atoms with Crippen LogP contribution in [0.1, 0.15) is 59.8 Å². The van der Waals surface area contributed by atoms with Crippen LogP contribution in [-0.2, 0) is 4.79 Å². The summed E-state index contributed by atoms with van der Waals surface area (Å²) in [6, 6.07) is 0. The lowest BCUT2D eigenvalue weighted by Crippen LogP contribution is -2.15. The molecule has 12 heavy (non-hydrogen) atoms. The number of carbonyl (C=O) groups is 1. The first-order valence-electron chi connectivity index (χ1n) is 4.97. The van der Waals surface area contributed by atoms with Gasteiger partial charge in [0.05, 0.1) is 0 Å². The topological polar surface area (TPSA) is 17.1 Å². The van der Waals surface area contributed by atoms with Gasteiger partial charge in [0.1, 0.15) is 5.78 Å². The molecule has 1 heteroatoms. The monoisotopic (exact) mass is 170 g/mol. The predicted octanol–water partition coefficient (Wildman–Crippen LogP) is 3.57. The second-order valence-corrected chi connectivity index (χ2v) is 4.50. The molecule has 0 atom stereocenters. The molecule has 0 aromatic rings. The van der Waals surface area contributed by atoms with Crippen LogP contribution in [0.25, 0.3) is 0 Å². The highest BCUT2D eigenvalue weighted by atomic mass is 16.1. The molecular formula is C11H22O. The lowest BCUT2D eigenvalue weighted by Gasteiger charge is -2.22. The Morgan fingerprint density at radius 1 is 1.25 bits per heavy atom. The van der Waals surface area contributed by atoms with E-state index in [1.54, 1.807) is 6.92 Å². The van der Waals surface area contributed by atoms with Crippen LogP contribution in [0.4, 0.5) is 0 Å². The third kappa shape index (κ3) is 6.38. The minimum absolute atomic E-state index is 0.223. The van der Waals surface area contributed by atoms with Gasteiger partial charge in [-0.25, -0.2) is 0 Å². The van der Waals surface area contributed by atoms with Gasteiger partial charge in [-0.3, -0.25) is 0 Å². The molecule has 0 heterocycles. The van der Waals surface area contributed by atoms with Crippen LogP contribution < -0.4 is 0 Å². The summed E-state index contributed by atoms with van der Waals surface area (Å²) in [4.78, 5) is 10.9. The Kier molecular flexibility index (Phi) is 5.19. The van der Waals surface area contributed by atoms with Gasteiger partial charge in [0.25, 0.3) is 0 Å². The van der Waals surface area contributed by atoms with Crippen molar-refractivity contribution in [2.75, 3.05) is 0 Å². The molecule has 0 bridgehead atoms. The second-order valence-electron chi connectivity index (χ2n) is 4.50. The van der Waals surface area contributed by atoms with Crippen molar-refractivity contribution in [1.29, 1.82) is 0 Å². The first kappa shape index (κ1) is 11.7. The first-order valence-corrected chi connectivity index (χ1v) is 4.97. The second kappa shape index (κ2) is 5.34. The Morgan fingerprint density at radius 3 is 2.25 bits per heavy atom. The van der Waals surface area contributed by atoms with Crippen LogP contribution in [-0.4, -0.2) is 5.78 Å². The normalized spacial score (nSPS) is 11.7. The summed E-state index contributed by atoms with van der Waals surface area (Å²) in [7, 11) is 0. The van der Waals surface area contributed by atoms with Crippen molar-refractivity contribution in [1.82, 2.24) is 0 Å². The summed E-state index contributed by atoms with van der Waals surface area (Å²) < 4.78 is 0. The lowest BCUT2D eigenvalue weighted by molar-refractivity contribution is -0.118. The van der Waals surface area contributed by atoms with Crippen LogP contribution in [0.5, 0.6) is 0 Å². The average Bonchev–Trinajstić information content (AvgIpc) is 1.84. The number of hydrogen-bond acceptors (Lipinski definition) is 1. The number of Topliss-reactive ketones (excluding diaryl/α,β-unsaturated/α-hetero) is 1. The predicted molar refractivity (Wildman–Crippen MR) is 53.2 cm³/mol. The molecule has 0 aliphatic heterocycles. The summed E-state index contributed by atoms with van der Waals surface area (Å²) in [6.45, 7) is 8.26. The molecule has 0 aromatic heterocycles. The molecule has 0 saturated heterocycles. The molecule has 0 N–H and O–H groups in total. The molecular weight excluding hydrogens is 148 g/mol. The van der Waals surface area contributed by atoms with Crippen LogP contribution in [0.2, 0.25) is 0 Å². The number of unbranched alkanes of at least 4 members (excludes halogenated alkanes) is 2. The quantitative estimate of drug-likeness (QED) is 0.557. The Bertz CT molecular complexity index is 136. The third-order valence-electron chi connectivity index (χ3n) is 2.18. The number of rotatable bonds is 6. The molecule has 0 saturated carbocycles. The van der Waals surface area contributed by atoms with E-state index < -0.39 is 0 Å². The fraction of sp³-hybridized carbons (Fsp3) is 0.909. The van der Waals surface area contributed by atoms with E-state index in [4.69, 9.17) is 0 Å². The fourth-order valence-electron chi connectivity index (χ4n) is 1.62. The average molecular weight is 170 g/mol. The molecule has 0 fully saturated rings. The first-order chi connectivity index (χ1) is 5.48. The molecule has 0 rings (SSSR count). The molecule has 0 amide bonds. The van der Waals surface area contributed by atoms with E-state index in [2.05, 4.69) is 20.8 Å². The summed E-state index contributed by atoms with van der Waals surface area (Å²) in [5.74, 6) is 0.316. The fourth-order valence-corrected chi connectivity index (χ4v) is 1.62. The van der Waals surface area contributed by atoms with Gasteiger partial charge in [0.2, 0.25) is 0 Å². The zero-order valence-electron chi connectivity index (χ0n) is 8.94. The van der Waals surface area contributed by atoms with E-state index in [-0.39, 0.29) is 5.41 Å². The van der Waals surface area contributed by atoms with Crippen molar-refractivity contribution in [3.05, 3.63) is 0 Å². The summed E-state index contributed by atoms with van der Waals surface area (Å²) in [6.07, 6.45) is 5.73. The van der Waals surface area contributed by atoms with Crippen LogP contribution in [0.3, 0.4) is 0 Å². The maximum absolute atomic E-state index is 10.9. The molecule has 0 aromatic carbocycles. The maximum atomic E-state index is 10.9. The SMILES string of the molecule is CCCCCC(C)(C)CC(C)=O. The van der Waals surface area contributed by atoms with Crippen molar-refractivity contribution in [3.63, 3.8) is 0 Å². The number of carbonyl (C=O) groups excluding carboxylic acids is 1. The van der Waals surface area contributed by atoms with E-state index >= 15 is 0 Å². The number of hydrogen-bond donors (Lipinski definition) is 0. The third-order valence-corrected chi connectivity index (χ3v) is 2.18. The van der Waals surface area contributed by atoms with E-state index in [1.165, 1.54) is 25.7 Å². The van der Waals surface area contributed by atoms with Crippen LogP contribution in [0, 0.1) is 5.41 Å². The van der Waals surface area contributed by atoms with E-state index in [0.29, 0.717) is 5.78 Å². The zero-order valence-corrected chi connectivity index (χ0v) is 8.94. The zero-order chi connectivity index (χ0) is 9.61.